The molecule has 0 aliphatic carbocycles. The number of nitriles is 1. The lowest BCUT2D eigenvalue weighted by molar-refractivity contribution is -0.111. The molecule has 3 rings (SSSR count). The second kappa shape index (κ2) is 6.36. The first-order chi connectivity index (χ1) is 9.86. The zero-order valence-corrected chi connectivity index (χ0v) is 11.6. The number of hydrogen-bond donors (Lipinski definition) is 0. The normalized spacial score (nSPS) is 24.6. The third kappa shape index (κ3) is 3.01. The van der Waals surface area contributed by atoms with Gasteiger partial charge in [-0.1, -0.05) is 18.6 Å². The Morgan fingerprint density at radius 3 is 2.60 bits per heavy atom. The summed E-state index contributed by atoms with van der Waals surface area (Å²) in [6, 6.07) is 10.4. The van der Waals surface area contributed by atoms with Crippen LogP contribution >= 0.6 is 0 Å². The number of hydrogen-bond acceptors (Lipinski definition) is 4. The maximum absolute atomic E-state index is 8.84. The molecule has 20 heavy (non-hydrogen) atoms. The molecule has 0 bridgehead atoms. The molecule has 2 aliphatic rings. The van der Waals surface area contributed by atoms with Gasteiger partial charge in [0.1, 0.15) is 0 Å². The first-order valence-corrected chi connectivity index (χ1v) is 7.33. The molecular weight excluding hydrogens is 252 g/mol. The highest BCUT2D eigenvalue weighted by atomic mass is 16.7. The highest BCUT2D eigenvalue weighted by Gasteiger charge is 2.33. The topological polar surface area (TPSA) is 45.5 Å². The Kier molecular flexibility index (Phi) is 4.31. The Morgan fingerprint density at radius 1 is 1.15 bits per heavy atom. The minimum Gasteiger partial charge on any atom is -0.349 e. The summed E-state index contributed by atoms with van der Waals surface area (Å²) in [5, 5.41) is 8.84. The van der Waals surface area contributed by atoms with Gasteiger partial charge in [0.15, 0.2) is 6.29 Å². The molecule has 0 radical (unpaired) electrons. The smallest absolute Gasteiger partial charge is 0.173 e. The van der Waals surface area contributed by atoms with Gasteiger partial charge in [0.25, 0.3) is 0 Å². The SMILES string of the molecule is N#Cc1ccc(CN2CCCC[C@@H]2C2OCCO2)cc1. The van der Waals surface area contributed by atoms with E-state index in [1.165, 1.54) is 18.4 Å². The van der Waals surface area contributed by atoms with Crippen molar-refractivity contribution in [2.75, 3.05) is 19.8 Å². The third-order valence-corrected chi connectivity index (χ3v) is 4.09. The summed E-state index contributed by atoms with van der Waals surface area (Å²) in [7, 11) is 0. The molecule has 0 spiro atoms. The van der Waals surface area contributed by atoms with Crippen molar-refractivity contribution in [3.63, 3.8) is 0 Å². The Bertz CT molecular complexity index is 474. The quantitative estimate of drug-likeness (QED) is 0.847. The summed E-state index contributed by atoms with van der Waals surface area (Å²) in [4.78, 5) is 2.46. The fourth-order valence-electron chi connectivity index (χ4n) is 3.04. The molecule has 2 saturated heterocycles. The first-order valence-electron chi connectivity index (χ1n) is 7.33. The van der Waals surface area contributed by atoms with E-state index in [0.29, 0.717) is 24.8 Å². The monoisotopic (exact) mass is 272 g/mol. The molecule has 1 aromatic rings. The fourth-order valence-corrected chi connectivity index (χ4v) is 3.04. The van der Waals surface area contributed by atoms with E-state index in [1.54, 1.807) is 0 Å². The molecule has 2 heterocycles. The van der Waals surface area contributed by atoms with E-state index in [2.05, 4.69) is 11.0 Å². The van der Waals surface area contributed by atoms with E-state index in [-0.39, 0.29) is 6.29 Å². The zero-order chi connectivity index (χ0) is 13.8. The van der Waals surface area contributed by atoms with Crippen LogP contribution < -0.4 is 0 Å². The van der Waals surface area contributed by atoms with Gasteiger partial charge in [-0.3, -0.25) is 4.90 Å². The molecule has 1 atom stereocenters. The van der Waals surface area contributed by atoms with Crippen LogP contribution in [0.3, 0.4) is 0 Å². The van der Waals surface area contributed by atoms with Crippen molar-refractivity contribution in [3.8, 4) is 6.07 Å². The van der Waals surface area contributed by atoms with Crippen LogP contribution in [0.2, 0.25) is 0 Å². The summed E-state index contributed by atoms with van der Waals surface area (Å²) < 4.78 is 11.4. The predicted octanol–water partition coefficient (Wildman–Crippen LogP) is 2.29. The van der Waals surface area contributed by atoms with Gasteiger partial charge in [-0.05, 0) is 37.1 Å². The van der Waals surface area contributed by atoms with Crippen molar-refractivity contribution < 1.29 is 9.47 Å². The van der Waals surface area contributed by atoms with Crippen LogP contribution in [0.1, 0.15) is 30.4 Å². The molecule has 0 unspecified atom stereocenters. The Morgan fingerprint density at radius 2 is 1.90 bits per heavy atom. The maximum atomic E-state index is 8.84. The van der Waals surface area contributed by atoms with Crippen LogP contribution in [-0.4, -0.2) is 37.0 Å². The minimum absolute atomic E-state index is 0.0614. The van der Waals surface area contributed by atoms with Crippen LogP contribution in [0, 0.1) is 11.3 Å². The molecule has 0 amide bonds. The van der Waals surface area contributed by atoms with Gasteiger partial charge in [0, 0.05) is 6.54 Å². The maximum Gasteiger partial charge on any atom is 0.173 e. The summed E-state index contributed by atoms with van der Waals surface area (Å²) in [5.41, 5.74) is 1.96. The van der Waals surface area contributed by atoms with E-state index in [9.17, 15) is 0 Å². The van der Waals surface area contributed by atoms with Crippen molar-refractivity contribution in [1.29, 1.82) is 5.26 Å². The Balaban J connectivity index is 1.68. The van der Waals surface area contributed by atoms with Crippen molar-refractivity contribution >= 4 is 0 Å². The lowest BCUT2D eigenvalue weighted by Gasteiger charge is -2.38. The molecule has 4 nitrogen and oxygen atoms in total. The molecule has 2 aliphatic heterocycles. The van der Waals surface area contributed by atoms with Gasteiger partial charge in [0.05, 0.1) is 30.9 Å². The molecule has 106 valence electrons. The molecule has 2 fully saturated rings. The van der Waals surface area contributed by atoms with Crippen molar-refractivity contribution in [1.82, 2.24) is 4.90 Å². The minimum atomic E-state index is -0.0614. The second-order valence-electron chi connectivity index (χ2n) is 5.45. The highest BCUT2D eigenvalue weighted by Crippen LogP contribution is 2.25. The van der Waals surface area contributed by atoms with E-state index in [0.717, 1.165) is 19.5 Å². The van der Waals surface area contributed by atoms with E-state index in [1.807, 2.05) is 24.3 Å². The molecular formula is C16H20N2O2. The fraction of sp³-hybridized carbons (Fsp3) is 0.562. The standard InChI is InChI=1S/C16H20N2O2/c17-11-13-4-6-14(7-5-13)12-18-8-2-1-3-15(18)16-19-9-10-20-16/h4-7,15-16H,1-3,8-10,12H2/t15-/m1/s1. The number of piperidine rings is 1. The average molecular weight is 272 g/mol. The zero-order valence-electron chi connectivity index (χ0n) is 11.6. The second-order valence-corrected chi connectivity index (χ2v) is 5.45. The number of benzene rings is 1. The number of likely N-dealkylation sites (tertiary alicyclic amines) is 1. The third-order valence-electron chi connectivity index (χ3n) is 4.09. The first kappa shape index (κ1) is 13.6. The van der Waals surface area contributed by atoms with Gasteiger partial charge < -0.3 is 9.47 Å². The summed E-state index contributed by atoms with van der Waals surface area (Å²) >= 11 is 0. The van der Waals surface area contributed by atoms with E-state index >= 15 is 0 Å². The molecule has 0 aromatic heterocycles. The van der Waals surface area contributed by atoms with Gasteiger partial charge in [-0.25, -0.2) is 0 Å². The highest BCUT2D eigenvalue weighted by molar-refractivity contribution is 5.31. The van der Waals surface area contributed by atoms with Crippen LogP contribution in [0.5, 0.6) is 0 Å². The molecule has 0 saturated carbocycles. The van der Waals surface area contributed by atoms with Crippen molar-refractivity contribution in [2.45, 2.75) is 38.1 Å². The summed E-state index contributed by atoms with van der Waals surface area (Å²) in [6.45, 7) is 3.42. The molecule has 0 N–H and O–H groups in total. The van der Waals surface area contributed by atoms with Gasteiger partial charge >= 0.3 is 0 Å². The molecule has 1 aromatic carbocycles. The van der Waals surface area contributed by atoms with Crippen LogP contribution in [0.15, 0.2) is 24.3 Å². The Labute approximate surface area is 119 Å². The number of rotatable bonds is 3. The van der Waals surface area contributed by atoms with E-state index < -0.39 is 0 Å². The van der Waals surface area contributed by atoms with Gasteiger partial charge in [-0.15, -0.1) is 0 Å². The largest absolute Gasteiger partial charge is 0.349 e. The van der Waals surface area contributed by atoms with Crippen LogP contribution in [0.4, 0.5) is 0 Å². The summed E-state index contributed by atoms with van der Waals surface area (Å²) in [6.07, 6.45) is 3.56. The van der Waals surface area contributed by atoms with Gasteiger partial charge in [-0.2, -0.15) is 5.26 Å². The van der Waals surface area contributed by atoms with Crippen molar-refractivity contribution in [2.24, 2.45) is 0 Å². The van der Waals surface area contributed by atoms with Crippen molar-refractivity contribution in [3.05, 3.63) is 35.4 Å². The molecule has 4 heteroatoms. The number of nitrogens with zero attached hydrogens (tertiary/aromatic N) is 2. The lowest BCUT2D eigenvalue weighted by atomic mass is 10.0. The average Bonchev–Trinajstić information content (AvgIpc) is 3.03. The lowest BCUT2D eigenvalue weighted by Crippen LogP contribution is -2.46. The van der Waals surface area contributed by atoms with Gasteiger partial charge in [0.2, 0.25) is 0 Å². The van der Waals surface area contributed by atoms with Crippen LogP contribution in [-0.2, 0) is 16.0 Å². The predicted molar refractivity (Wildman–Crippen MR) is 74.9 cm³/mol. The number of ether oxygens (including phenoxy) is 2. The Hall–Kier alpha value is -1.41. The van der Waals surface area contributed by atoms with Crippen LogP contribution in [0.25, 0.3) is 0 Å². The van der Waals surface area contributed by atoms with E-state index in [4.69, 9.17) is 14.7 Å². The summed E-state index contributed by atoms with van der Waals surface area (Å²) in [5.74, 6) is 0.